The van der Waals surface area contributed by atoms with Gasteiger partial charge in [-0.2, -0.15) is 0 Å². The second-order valence-electron chi connectivity index (χ2n) is 7.67. The van der Waals surface area contributed by atoms with Crippen molar-refractivity contribution in [1.82, 2.24) is 0 Å². The van der Waals surface area contributed by atoms with Crippen molar-refractivity contribution in [2.75, 3.05) is 18.0 Å². The highest BCUT2D eigenvalue weighted by atomic mass is 35.5. The molecule has 0 saturated carbocycles. The lowest BCUT2D eigenvalue weighted by Crippen LogP contribution is -2.21. The molecule has 5 nitrogen and oxygen atoms in total. The van der Waals surface area contributed by atoms with Crippen molar-refractivity contribution in [3.63, 3.8) is 0 Å². The Morgan fingerprint density at radius 3 is 2.30 bits per heavy atom. The molecule has 0 N–H and O–H groups in total. The molecule has 0 fully saturated rings. The van der Waals surface area contributed by atoms with Crippen LogP contribution in [0, 0.1) is 6.92 Å². The van der Waals surface area contributed by atoms with Crippen molar-refractivity contribution in [2.24, 2.45) is 0 Å². The van der Waals surface area contributed by atoms with Crippen LogP contribution in [0.5, 0.6) is 11.5 Å². The number of carbonyl (C=O) groups excluding carboxylic acids is 2. The van der Waals surface area contributed by atoms with Gasteiger partial charge in [0.05, 0.1) is 11.1 Å². The lowest BCUT2D eigenvalue weighted by atomic mass is 10.1. The highest BCUT2D eigenvalue weighted by Gasteiger charge is 2.30. The summed E-state index contributed by atoms with van der Waals surface area (Å²) < 4.78 is 11.5. The Labute approximate surface area is 198 Å². The van der Waals surface area contributed by atoms with Gasteiger partial charge in [0.1, 0.15) is 11.5 Å². The van der Waals surface area contributed by atoms with Gasteiger partial charge in [0, 0.05) is 29.4 Å². The van der Waals surface area contributed by atoms with Crippen molar-refractivity contribution < 1.29 is 19.1 Å². The van der Waals surface area contributed by atoms with Crippen molar-refractivity contribution in [1.29, 1.82) is 0 Å². The maximum Gasteiger partial charge on any atom is 0.343 e. The number of ketones is 1. The maximum absolute atomic E-state index is 12.9. The first-order valence-corrected chi connectivity index (χ1v) is 11.2. The number of anilines is 1. The van der Waals surface area contributed by atoms with Crippen LogP contribution in [0.2, 0.25) is 5.02 Å². The standard InChI is InChI=1S/C27H24ClNO4/c1-4-29(5-2)21-12-6-18(7-13-21)16-24-25(30)22-14-15-23(17(3)26(22)32-24)33-27(31)19-8-10-20(28)11-9-19/h6-16H,4-5H2,1-3H3/b24-16-. The lowest BCUT2D eigenvalue weighted by molar-refractivity contribution is 0.0733. The monoisotopic (exact) mass is 461 g/mol. The molecular formula is C27H24ClNO4. The summed E-state index contributed by atoms with van der Waals surface area (Å²) in [7, 11) is 0. The third kappa shape index (κ3) is 4.64. The predicted molar refractivity (Wildman–Crippen MR) is 131 cm³/mol. The number of halogens is 1. The van der Waals surface area contributed by atoms with E-state index in [1.807, 2.05) is 24.3 Å². The molecule has 0 aliphatic carbocycles. The number of hydrogen-bond donors (Lipinski definition) is 0. The third-order valence-electron chi connectivity index (χ3n) is 5.64. The average molecular weight is 462 g/mol. The van der Waals surface area contributed by atoms with Crippen LogP contribution in [-0.2, 0) is 0 Å². The lowest BCUT2D eigenvalue weighted by Gasteiger charge is -2.20. The van der Waals surface area contributed by atoms with Crippen molar-refractivity contribution >= 4 is 35.1 Å². The van der Waals surface area contributed by atoms with Gasteiger partial charge in [-0.25, -0.2) is 4.79 Å². The summed E-state index contributed by atoms with van der Waals surface area (Å²) in [6.45, 7) is 7.85. The Balaban J connectivity index is 1.55. The second-order valence-corrected chi connectivity index (χ2v) is 8.10. The van der Waals surface area contributed by atoms with Gasteiger partial charge >= 0.3 is 5.97 Å². The normalized spacial score (nSPS) is 13.6. The first-order valence-electron chi connectivity index (χ1n) is 10.8. The number of nitrogens with zero attached hydrogens (tertiary/aromatic N) is 1. The minimum atomic E-state index is -0.511. The molecule has 1 heterocycles. The molecule has 0 radical (unpaired) electrons. The second kappa shape index (κ2) is 9.51. The first-order chi connectivity index (χ1) is 15.9. The minimum Gasteiger partial charge on any atom is -0.452 e. The largest absolute Gasteiger partial charge is 0.452 e. The molecule has 33 heavy (non-hydrogen) atoms. The summed E-state index contributed by atoms with van der Waals surface area (Å²) in [5.41, 5.74) is 3.42. The Kier molecular flexibility index (Phi) is 6.52. The van der Waals surface area contributed by atoms with Crippen LogP contribution >= 0.6 is 11.6 Å². The molecule has 0 atom stereocenters. The van der Waals surface area contributed by atoms with Crippen LogP contribution < -0.4 is 14.4 Å². The zero-order valence-corrected chi connectivity index (χ0v) is 19.5. The van der Waals surface area contributed by atoms with E-state index < -0.39 is 5.97 Å². The number of esters is 1. The van der Waals surface area contributed by atoms with E-state index in [-0.39, 0.29) is 11.5 Å². The Morgan fingerprint density at radius 2 is 1.67 bits per heavy atom. The number of carbonyl (C=O) groups is 2. The summed E-state index contributed by atoms with van der Waals surface area (Å²) in [6, 6.07) is 17.7. The summed E-state index contributed by atoms with van der Waals surface area (Å²) in [6.07, 6.45) is 1.73. The van der Waals surface area contributed by atoms with Crippen LogP contribution in [0.1, 0.15) is 45.7 Å². The van der Waals surface area contributed by atoms with Crippen molar-refractivity contribution in [3.05, 3.63) is 93.7 Å². The number of benzene rings is 3. The van der Waals surface area contributed by atoms with Gasteiger partial charge in [-0.05, 0) is 80.9 Å². The fourth-order valence-corrected chi connectivity index (χ4v) is 3.87. The quantitative estimate of drug-likeness (QED) is 0.244. The van der Waals surface area contributed by atoms with Gasteiger partial charge in [0.2, 0.25) is 5.78 Å². The fourth-order valence-electron chi connectivity index (χ4n) is 3.74. The zero-order valence-electron chi connectivity index (χ0n) is 18.7. The first kappa shape index (κ1) is 22.6. The molecule has 1 aliphatic heterocycles. The molecular weight excluding hydrogens is 438 g/mol. The molecule has 3 aromatic rings. The van der Waals surface area contributed by atoms with Gasteiger partial charge in [0.25, 0.3) is 0 Å². The van der Waals surface area contributed by atoms with Crippen LogP contribution in [0.4, 0.5) is 5.69 Å². The number of ether oxygens (including phenoxy) is 2. The topological polar surface area (TPSA) is 55.8 Å². The zero-order chi connectivity index (χ0) is 23.5. The summed E-state index contributed by atoms with van der Waals surface area (Å²) >= 11 is 5.88. The number of Topliss-reactive ketones (excluding diaryl/α,β-unsaturated/α-hetero) is 1. The molecule has 1 aliphatic rings. The summed E-state index contributed by atoms with van der Waals surface area (Å²) in [4.78, 5) is 27.6. The smallest absolute Gasteiger partial charge is 0.343 e. The summed E-state index contributed by atoms with van der Waals surface area (Å²) in [5, 5.41) is 0.536. The summed E-state index contributed by atoms with van der Waals surface area (Å²) in [5.74, 6) is 0.281. The predicted octanol–water partition coefficient (Wildman–Crippen LogP) is 6.33. The van der Waals surface area contributed by atoms with Crippen LogP contribution in [0.3, 0.4) is 0 Å². The van der Waals surface area contributed by atoms with E-state index in [0.29, 0.717) is 33.2 Å². The van der Waals surface area contributed by atoms with Crippen LogP contribution in [0.25, 0.3) is 6.08 Å². The maximum atomic E-state index is 12.9. The molecule has 3 aromatic carbocycles. The molecule has 0 unspecified atom stereocenters. The number of allylic oxidation sites excluding steroid dienone is 1. The van der Waals surface area contributed by atoms with E-state index >= 15 is 0 Å². The number of hydrogen-bond acceptors (Lipinski definition) is 5. The van der Waals surface area contributed by atoms with E-state index in [0.717, 1.165) is 24.3 Å². The minimum absolute atomic E-state index is 0.198. The van der Waals surface area contributed by atoms with Crippen molar-refractivity contribution in [2.45, 2.75) is 20.8 Å². The van der Waals surface area contributed by atoms with Gasteiger partial charge < -0.3 is 14.4 Å². The molecule has 0 amide bonds. The molecule has 6 heteroatoms. The Morgan fingerprint density at radius 1 is 1.00 bits per heavy atom. The van der Waals surface area contributed by atoms with E-state index in [4.69, 9.17) is 21.1 Å². The highest BCUT2D eigenvalue weighted by Crippen LogP contribution is 2.39. The van der Waals surface area contributed by atoms with Gasteiger partial charge in [-0.3, -0.25) is 4.79 Å². The van der Waals surface area contributed by atoms with Crippen molar-refractivity contribution in [3.8, 4) is 11.5 Å². The van der Waals surface area contributed by atoms with E-state index in [1.54, 1.807) is 49.4 Å². The van der Waals surface area contributed by atoms with E-state index in [1.165, 1.54) is 0 Å². The van der Waals surface area contributed by atoms with E-state index in [2.05, 4.69) is 18.7 Å². The van der Waals surface area contributed by atoms with E-state index in [9.17, 15) is 9.59 Å². The van der Waals surface area contributed by atoms with Gasteiger partial charge in [0.15, 0.2) is 5.76 Å². The third-order valence-corrected chi connectivity index (χ3v) is 5.89. The molecule has 0 saturated heterocycles. The molecule has 168 valence electrons. The van der Waals surface area contributed by atoms with Gasteiger partial charge in [-0.1, -0.05) is 23.7 Å². The number of fused-ring (bicyclic) bond motifs is 1. The molecule has 0 bridgehead atoms. The van der Waals surface area contributed by atoms with Crippen LogP contribution in [-0.4, -0.2) is 24.8 Å². The molecule has 0 spiro atoms. The highest BCUT2D eigenvalue weighted by molar-refractivity contribution is 6.30. The van der Waals surface area contributed by atoms with Crippen LogP contribution in [0.15, 0.2) is 66.4 Å². The average Bonchev–Trinajstić information content (AvgIpc) is 3.14. The fraction of sp³-hybridized carbons (Fsp3) is 0.185. The molecule has 4 rings (SSSR count). The SMILES string of the molecule is CCN(CC)c1ccc(/C=C2\Oc3c(ccc(OC(=O)c4ccc(Cl)cc4)c3C)C2=O)cc1. The number of rotatable bonds is 6. The Bertz CT molecular complexity index is 1230. The Hall–Kier alpha value is -3.57. The van der Waals surface area contributed by atoms with Gasteiger partial charge in [-0.15, -0.1) is 0 Å². The molecule has 0 aromatic heterocycles.